The molecule has 2 heterocycles. The van der Waals surface area contributed by atoms with Gasteiger partial charge in [0.15, 0.2) is 10.9 Å². The summed E-state index contributed by atoms with van der Waals surface area (Å²) in [6, 6.07) is 5.51. The lowest BCUT2D eigenvalue weighted by Gasteiger charge is -2.11. The molecule has 8 heteroatoms. The summed E-state index contributed by atoms with van der Waals surface area (Å²) in [4.78, 5) is 4.29. The van der Waals surface area contributed by atoms with Crippen LogP contribution in [0.1, 0.15) is 5.69 Å². The van der Waals surface area contributed by atoms with Gasteiger partial charge < -0.3 is 15.4 Å². The first kappa shape index (κ1) is 15.6. The molecular weight excluding hydrogens is 354 g/mol. The molecule has 0 saturated heterocycles. The minimum Gasteiger partial charge on any atom is -0.495 e. The molecular formula is C13H14BrN5OS. The van der Waals surface area contributed by atoms with Crippen molar-refractivity contribution < 1.29 is 4.74 Å². The van der Waals surface area contributed by atoms with Crippen LogP contribution in [0.2, 0.25) is 0 Å². The lowest BCUT2D eigenvalue weighted by Crippen LogP contribution is -2.30. The van der Waals surface area contributed by atoms with Gasteiger partial charge in [0.25, 0.3) is 0 Å². The third-order valence-electron chi connectivity index (χ3n) is 2.62. The first-order valence-electron chi connectivity index (χ1n) is 6.20. The van der Waals surface area contributed by atoms with E-state index in [2.05, 4.69) is 41.7 Å². The summed E-state index contributed by atoms with van der Waals surface area (Å²) in [5, 5.41) is 14.3. The number of aromatic nitrogens is 3. The molecule has 21 heavy (non-hydrogen) atoms. The number of hydrogen-bond donors (Lipinski definition) is 2. The first-order chi connectivity index (χ1) is 10.2. The second-order valence-corrected chi connectivity index (χ2v) is 5.27. The van der Waals surface area contributed by atoms with Crippen molar-refractivity contribution in [3.63, 3.8) is 0 Å². The molecule has 0 spiro atoms. The van der Waals surface area contributed by atoms with Gasteiger partial charge in [-0.1, -0.05) is 0 Å². The summed E-state index contributed by atoms with van der Waals surface area (Å²) in [6.07, 6.45) is 4.04. The Bertz CT molecular complexity index is 625. The summed E-state index contributed by atoms with van der Waals surface area (Å²) >= 11 is 8.58. The van der Waals surface area contributed by atoms with E-state index < -0.39 is 0 Å². The van der Waals surface area contributed by atoms with Crippen molar-refractivity contribution in [2.24, 2.45) is 0 Å². The Morgan fingerprint density at radius 2 is 2.24 bits per heavy atom. The zero-order valence-electron chi connectivity index (χ0n) is 11.3. The van der Waals surface area contributed by atoms with Crippen LogP contribution >= 0.6 is 28.1 Å². The van der Waals surface area contributed by atoms with E-state index in [0.29, 0.717) is 23.9 Å². The van der Waals surface area contributed by atoms with Crippen molar-refractivity contribution in [1.29, 1.82) is 0 Å². The molecule has 0 aliphatic rings. The Kier molecular flexibility index (Phi) is 5.82. The molecule has 0 atom stereocenters. The lowest BCUT2D eigenvalue weighted by molar-refractivity contribution is 0.406. The first-order valence-corrected chi connectivity index (χ1v) is 7.40. The van der Waals surface area contributed by atoms with E-state index in [9.17, 15) is 0 Å². The number of methoxy groups -OCH3 is 1. The van der Waals surface area contributed by atoms with Crippen LogP contribution in [0.5, 0.6) is 5.75 Å². The largest absolute Gasteiger partial charge is 0.495 e. The second-order valence-electron chi connectivity index (χ2n) is 4.01. The molecule has 2 aromatic heterocycles. The SMILES string of the molecule is COc1cccnc1CCNC(=S)Nc1nnccc1Br. The van der Waals surface area contributed by atoms with Crippen LogP contribution in [0.25, 0.3) is 0 Å². The zero-order chi connectivity index (χ0) is 15.1. The van der Waals surface area contributed by atoms with Gasteiger partial charge >= 0.3 is 0 Å². The van der Waals surface area contributed by atoms with Crippen molar-refractivity contribution in [2.75, 3.05) is 19.0 Å². The maximum absolute atomic E-state index is 5.25. The van der Waals surface area contributed by atoms with Crippen LogP contribution in [0.15, 0.2) is 35.1 Å². The van der Waals surface area contributed by atoms with Gasteiger partial charge in [-0.2, -0.15) is 5.10 Å². The standard InChI is InChI=1S/C13H14BrN5OS/c1-20-11-3-2-6-15-10(11)5-7-16-13(21)18-12-9(14)4-8-17-19-12/h2-4,6,8H,5,7H2,1H3,(H2,16,18,19,21). The normalized spacial score (nSPS) is 10.0. The summed E-state index contributed by atoms with van der Waals surface area (Å²) in [6.45, 7) is 0.636. The summed E-state index contributed by atoms with van der Waals surface area (Å²) in [7, 11) is 1.63. The van der Waals surface area contributed by atoms with Crippen LogP contribution < -0.4 is 15.4 Å². The topological polar surface area (TPSA) is 72.0 Å². The maximum atomic E-state index is 5.25. The molecule has 2 aromatic rings. The molecule has 0 fully saturated rings. The van der Waals surface area contributed by atoms with Gasteiger partial charge in [-0.3, -0.25) is 4.98 Å². The zero-order valence-corrected chi connectivity index (χ0v) is 13.7. The number of thiocarbonyl (C=S) groups is 1. The molecule has 2 N–H and O–H groups in total. The highest BCUT2D eigenvalue weighted by Crippen LogP contribution is 2.17. The van der Waals surface area contributed by atoms with Crippen LogP contribution in [0, 0.1) is 0 Å². The summed E-state index contributed by atoms with van der Waals surface area (Å²) in [5.74, 6) is 1.35. The highest BCUT2D eigenvalue weighted by Gasteiger charge is 2.05. The smallest absolute Gasteiger partial charge is 0.172 e. The number of ether oxygens (including phenoxy) is 1. The Labute approximate surface area is 136 Å². The molecule has 6 nitrogen and oxygen atoms in total. The van der Waals surface area contributed by atoms with Crippen LogP contribution in [-0.4, -0.2) is 33.9 Å². The van der Waals surface area contributed by atoms with Gasteiger partial charge in [0.1, 0.15) is 5.75 Å². The van der Waals surface area contributed by atoms with Gasteiger partial charge in [-0.15, -0.1) is 5.10 Å². The van der Waals surface area contributed by atoms with Gasteiger partial charge in [-0.25, -0.2) is 0 Å². The third kappa shape index (κ3) is 4.61. The van der Waals surface area contributed by atoms with E-state index in [-0.39, 0.29) is 0 Å². The second kappa shape index (κ2) is 7.84. The van der Waals surface area contributed by atoms with Gasteiger partial charge in [0.05, 0.1) is 23.5 Å². The number of rotatable bonds is 5. The van der Waals surface area contributed by atoms with Gasteiger partial charge in [0, 0.05) is 19.2 Å². The fraction of sp³-hybridized carbons (Fsp3) is 0.231. The molecule has 0 saturated carbocycles. The number of nitrogens with one attached hydrogen (secondary N) is 2. The van der Waals surface area contributed by atoms with Crippen molar-refractivity contribution in [2.45, 2.75) is 6.42 Å². The molecule has 0 aromatic carbocycles. The Morgan fingerprint density at radius 3 is 3.00 bits per heavy atom. The van der Waals surface area contributed by atoms with Crippen molar-refractivity contribution in [3.05, 3.63) is 40.8 Å². The quantitative estimate of drug-likeness (QED) is 0.784. The van der Waals surface area contributed by atoms with E-state index in [1.807, 2.05) is 12.1 Å². The van der Waals surface area contributed by atoms with E-state index in [0.717, 1.165) is 15.9 Å². The number of halogens is 1. The Balaban J connectivity index is 1.83. The van der Waals surface area contributed by atoms with E-state index in [1.54, 1.807) is 25.6 Å². The Morgan fingerprint density at radius 1 is 1.38 bits per heavy atom. The predicted molar refractivity (Wildman–Crippen MR) is 88.4 cm³/mol. The number of pyridine rings is 1. The minimum absolute atomic E-state index is 0.478. The minimum atomic E-state index is 0.478. The molecule has 0 unspecified atom stereocenters. The number of anilines is 1. The average Bonchev–Trinajstić information content (AvgIpc) is 2.50. The van der Waals surface area contributed by atoms with E-state index in [1.165, 1.54) is 0 Å². The highest BCUT2D eigenvalue weighted by molar-refractivity contribution is 9.10. The monoisotopic (exact) mass is 367 g/mol. The van der Waals surface area contributed by atoms with Crippen molar-refractivity contribution in [1.82, 2.24) is 20.5 Å². The van der Waals surface area contributed by atoms with Crippen LogP contribution in [-0.2, 0) is 6.42 Å². The van der Waals surface area contributed by atoms with E-state index >= 15 is 0 Å². The molecule has 0 amide bonds. The molecule has 2 rings (SSSR count). The van der Waals surface area contributed by atoms with E-state index in [4.69, 9.17) is 17.0 Å². The fourth-order valence-electron chi connectivity index (χ4n) is 1.64. The number of hydrogen-bond acceptors (Lipinski definition) is 5. The third-order valence-corrected chi connectivity index (χ3v) is 3.51. The fourth-order valence-corrected chi connectivity index (χ4v) is 2.14. The lowest BCUT2D eigenvalue weighted by atomic mass is 10.2. The van der Waals surface area contributed by atoms with Crippen molar-refractivity contribution >= 4 is 39.1 Å². The van der Waals surface area contributed by atoms with Crippen molar-refractivity contribution in [3.8, 4) is 5.75 Å². The number of nitrogens with zero attached hydrogens (tertiary/aromatic N) is 3. The molecule has 0 bridgehead atoms. The summed E-state index contributed by atoms with van der Waals surface area (Å²) < 4.78 is 6.05. The molecule has 0 aliphatic carbocycles. The molecule has 0 aliphatic heterocycles. The van der Waals surface area contributed by atoms with Gasteiger partial charge in [-0.05, 0) is 46.3 Å². The highest BCUT2D eigenvalue weighted by atomic mass is 79.9. The van der Waals surface area contributed by atoms with Gasteiger partial charge in [0.2, 0.25) is 0 Å². The molecule has 110 valence electrons. The summed E-state index contributed by atoms with van der Waals surface area (Å²) in [5.41, 5.74) is 0.885. The van der Waals surface area contributed by atoms with Crippen LogP contribution in [0.4, 0.5) is 5.82 Å². The predicted octanol–water partition coefficient (Wildman–Crippen LogP) is 2.17. The average molecular weight is 368 g/mol. The maximum Gasteiger partial charge on any atom is 0.172 e. The molecule has 0 radical (unpaired) electrons. The van der Waals surface area contributed by atoms with Crippen LogP contribution in [0.3, 0.4) is 0 Å². The Hall–Kier alpha value is -1.80.